The molecular formula is C15H26N2O4S. The molecule has 0 heterocycles. The highest BCUT2D eigenvalue weighted by molar-refractivity contribution is 7.86. The van der Waals surface area contributed by atoms with E-state index < -0.39 is 10.1 Å². The van der Waals surface area contributed by atoms with Gasteiger partial charge < -0.3 is 10.6 Å². The summed E-state index contributed by atoms with van der Waals surface area (Å²) in [4.78, 5) is 10.5. The zero-order chi connectivity index (χ0) is 17.4. The van der Waals surface area contributed by atoms with E-state index in [1.54, 1.807) is 18.2 Å². The highest BCUT2D eigenvalue weighted by atomic mass is 32.2. The smallest absolute Gasteiger partial charge is 0.296 e. The number of benzene rings is 1. The Bertz CT molecular complexity index is 502. The Hall–Kier alpha value is -1.70. The van der Waals surface area contributed by atoms with E-state index in [1.165, 1.54) is 18.2 Å². The average Bonchev–Trinajstić information content (AvgIpc) is 2.54. The average molecular weight is 330 g/mol. The van der Waals surface area contributed by atoms with Crippen molar-refractivity contribution in [2.45, 2.75) is 18.2 Å². The van der Waals surface area contributed by atoms with Gasteiger partial charge in [0.25, 0.3) is 10.1 Å². The van der Waals surface area contributed by atoms with E-state index in [9.17, 15) is 13.2 Å². The van der Waals surface area contributed by atoms with Crippen molar-refractivity contribution in [3.8, 4) is 0 Å². The van der Waals surface area contributed by atoms with Gasteiger partial charge in [-0.15, -0.1) is 0 Å². The maximum Gasteiger partial charge on any atom is 0.296 e. The van der Waals surface area contributed by atoms with Crippen LogP contribution >= 0.6 is 0 Å². The maximum atomic E-state index is 11.0. The van der Waals surface area contributed by atoms with Crippen LogP contribution in [0.25, 0.3) is 0 Å². The first-order valence-electron chi connectivity index (χ1n) is 6.73. The summed E-state index contributed by atoms with van der Waals surface area (Å²) >= 11 is 0. The number of hydrogen-bond donors (Lipinski definition) is 2. The van der Waals surface area contributed by atoms with Crippen LogP contribution in [0.2, 0.25) is 0 Å². The first-order chi connectivity index (χ1) is 10.4. The third-order valence-corrected chi connectivity index (χ3v) is 3.27. The Kier molecular flexibility index (Phi) is 14.6. The Balaban J connectivity index is 0. The van der Waals surface area contributed by atoms with E-state index in [0.717, 1.165) is 20.1 Å². The van der Waals surface area contributed by atoms with E-state index in [0.29, 0.717) is 0 Å². The van der Waals surface area contributed by atoms with Crippen molar-refractivity contribution in [1.29, 1.82) is 0 Å². The molecule has 1 aromatic rings. The van der Waals surface area contributed by atoms with Gasteiger partial charge in [0.05, 0.1) is 12.0 Å². The van der Waals surface area contributed by atoms with Crippen LogP contribution in [0.1, 0.15) is 13.3 Å². The molecule has 0 spiro atoms. The number of carbonyl (C=O) groups is 1. The molecule has 0 unspecified atom stereocenters. The molecule has 0 aliphatic carbocycles. The van der Waals surface area contributed by atoms with Crippen LogP contribution in [0.5, 0.6) is 0 Å². The molecule has 1 amide bonds. The molecular weight excluding hydrogens is 304 g/mol. The first-order valence-corrected chi connectivity index (χ1v) is 8.14. The Morgan fingerprint density at radius 3 is 2.14 bits per heavy atom. The molecule has 0 aliphatic rings. The van der Waals surface area contributed by atoms with Gasteiger partial charge >= 0.3 is 0 Å². The van der Waals surface area contributed by atoms with Crippen LogP contribution in [0, 0.1) is 0 Å². The molecule has 1 rings (SSSR count). The minimum atomic E-state index is -3.50. The number of nitrogens with one attached hydrogen (secondary N) is 2. The summed E-state index contributed by atoms with van der Waals surface area (Å²) < 4.78 is 26.3. The van der Waals surface area contributed by atoms with Crippen LogP contribution in [-0.2, 0) is 19.1 Å². The summed E-state index contributed by atoms with van der Waals surface area (Å²) in [5.74, 6) is -0.0909. The van der Waals surface area contributed by atoms with E-state index in [4.69, 9.17) is 0 Å². The van der Waals surface area contributed by atoms with Gasteiger partial charge in [0, 0.05) is 6.54 Å². The molecule has 0 bridgehead atoms. The molecule has 0 fully saturated rings. The number of carbonyl (C=O) groups excluding carboxylic acids is 1. The lowest BCUT2D eigenvalue weighted by molar-refractivity contribution is -0.116. The van der Waals surface area contributed by atoms with Gasteiger partial charge in [-0.3, -0.25) is 8.98 Å². The predicted octanol–water partition coefficient (Wildman–Crippen LogP) is 1.56. The fourth-order valence-electron chi connectivity index (χ4n) is 1.00. The van der Waals surface area contributed by atoms with Crippen LogP contribution in [0.3, 0.4) is 0 Å². The minimum Gasteiger partial charge on any atom is -0.353 e. The van der Waals surface area contributed by atoms with Gasteiger partial charge in [-0.1, -0.05) is 31.7 Å². The van der Waals surface area contributed by atoms with Crippen molar-refractivity contribution in [3.63, 3.8) is 0 Å². The summed E-state index contributed by atoms with van der Waals surface area (Å²) in [6.45, 7) is 6.05. The number of rotatable bonds is 5. The summed E-state index contributed by atoms with van der Waals surface area (Å²) in [6.07, 6.45) is 2.25. The van der Waals surface area contributed by atoms with Crippen molar-refractivity contribution in [2.75, 3.05) is 27.7 Å². The normalized spacial score (nSPS) is 9.45. The van der Waals surface area contributed by atoms with Gasteiger partial charge in [-0.05, 0) is 38.7 Å². The van der Waals surface area contributed by atoms with Crippen molar-refractivity contribution in [3.05, 3.63) is 43.0 Å². The fourth-order valence-corrected chi connectivity index (χ4v) is 1.69. The van der Waals surface area contributed by atoms with E-state index in [1.807, 2.05) is 21.0 Å². The van der Waals surface area contributed by atoms with Crippen molar-refractivity contribution >= 4 is 16.0 Å². The molecule has 0 saturated carbocycles. The monoisotopic (exact) mass is 330 g/mol. The third kappa shape index (κ3) is 12.1. The van der Waals surface area contributed by atoms with E-state index >= 15 is 0 Å². The lowest BCUT2D eigenvalue weighted by Gasteiger charge is -1.98. The molecule has 2 N–H and O–H groups in total. The zero-order valence-electron chi connectivity index (χ0n) is 13.6. The standard InChI is InChI=1S/C7H8O3S.C6H11NO.C2H7N/c1-10-11(8,9)7-5-3-2-4-6-7;1-3-5-7-6(8)4-2;1-3-2/h2-6H,1H3;4H,2-3,5H2,1H3,(H,7,8);3H,1-2H3. The van der Waals surface area contributed by atoms with Gasteiger partial charge in [-0.2, -0.15) is 8.42 Å². The summed E-state index contributed by atoms with van der Waals surface area (Å²) in [6, 6.07) is 8.00. The van der Waals surface area contributed by atoms with Crippen LogP contribution in [0.4, 0.5) is 0 Å². The molecule has 6 nitrogen and oxygen atoms in total. The second-order valence-corrected chi connectivity index (χ2v) is 5.64. The van der Waals surface area contributed by atoms with Crippen molar-refractivity contribution in [2.24, 2.45) is 0 Å². The van der Waals surface area contributed by atoms with Crippen molar-refractivity contribution < 1.29 is 17.4 Å². The Morgan fingerprint density at radius 1 is 1.27 bits per heavy atom. The summed E-state index contributed by atoms with van der Waals surface area (Å²) in [7, 11) is 1.39. The number of hydrogen-bond acceptors (Lipinski definition) is 5. The highest BCUT2D eigenvalue weighted by Crippen LogP contribution is 2.09. The fraction of sp³-hybridized carbons (Fsp3) is 0.400. The Morgan fingerprint density at radius 2 is 1.77 bits per heavy atom. The SMILES string of the molecule is C=CC(=O)NCCC.CNC.COS(=O)(=O)c1ccccc1. The lowest BCUT2D eigenvalue weighted by Crippen LogP contribution is -2.20. The molecule has 1 aromatic carbocycles. The molecule has 126 valence electrons. The van der Waals surface area contributed by atoms with Gasteiger partial charge in [-0.25, -0.2) is 0 Å². The molecule has 0 radical (unpaired) electrons. The number of amides is 1. The largest absolute Gasteiger partial charge is 0.353 e. The van der Waals surface area contributed by atoms with Gasteiger partial charge in [0.15, 0.2) is 0 Å². The van der Waals surface area contributed by atoms with Crippen LogP contribution in [-0.4, -0.2) is 42.1 Å². The molecule has 0 aromatic heterocycles. The second-order valence-electron chi connectivity index (χ2n) is 3.93. The quantitative estimate of drug-likeness (QED) is 0.632. The molecule has 0 aliphatic heterocycles. The van der Waals surface area contributed by atoms with E-state index in [2.05, 4.69) is 21.4 Å². The topological polar surface area (TPSA) is 84.5 Å². The molecule has 0 atom stereocenters. The first kappa shape index (κ1) is 22.6. The Labute approximate surface area is 133 Å². The molecule has 0 saturated heterocycles. The molecule has 7 heteroatoms. The van der Waals surface area contributed by atoms with Crippen molar-refractivity contribution in [1.82, 2.24) is 10.6 Å². The molecule has 22 heavy (non-hydrogen) atoms. The minimum absolute atomic E-state index is 0.0909. The zero-order valence-corrected chi connectivity index (χ0v) is 14.4. The van der Waals surface area contributed by atoms with Crippen LogP contribution < -0.4 is 10.6 Å². The summed E-state index contributed by atoms with van der Waals surface area (Å²) in [5.41, 5.74) is 0. The highest BCUT2D eigenvalue weighted by Gasteiger charge is 2.10. The van der Waals surface area contributed by atoms with Gasteiger partial charge in [0.1, 0.15) is 0 Å². The predicted molar refractivity (Wildman–Crippen MR) is 89.1 cm³/mol. The van der Waals surface area contributed by atoms with E-state index in [-0.39, 0.29) is 10.8 Å². The van der Waals surface area contributed by atoms with Crippen LogP contribution in [0.15, 0.2) is 47.9 Å². The maximum absolute atomic E-state index is 11.0. The lowest BCUT2D eigenvalue weighted by atomic mass is 10.4. The van der Waals surface area contributed by atoms with Gasteiger partial charge in [0.2, 0.25) is 5.91 Å². The third-order valence-electron chi connectivity index (χ3n) is 1.99. The second kappa shape index (κ2) is 14.2. The summed E-state index contributed by atoms with van der Waals surface area (Å²) in [5, 5.41) is 5.38.